The Morgan fingerprint density at radius 3 is 2.05 bits per heavy atom. The number of hydrogen-bond acceptors (Lipinski definition) is 6. The molecule has 0 atom stereocenters. The Kier molecular flexibility index (Phi) is 9.27. The van der Waals surface area contributed by atoms with Crippen LogP contribution in [-0.4, -0.2) is 23.3 Å². The third-order valence-electron chi connectivity index (χ3n) is 5.20. The lowest BCUT2D eigenvalue weighted by Crippen LogP contribution is -2.23. The van der Waals surface area contributed by atoms with Gasteiger partial charge in [-0.3, -0.25) is 5.43 Å². The molecule has 2 N–H and O–H groups in total. The SMILES string of the molecule is Cc1cccc(NC(=S)NN=Cc2ccc(OC(=O)c3ccc(Cl)cc3)cc2OC(=O)c2ccc(Cl)cc2)c1. The van der Waals surface area contributed by atoms with Crippen molar-refractivity contribution in [2.75, 3.05) is 5.32 Å². The van der Waals surface area contributed by atoms with E-state index < -0.39 is 11.9 Å². The topological polar surface area (TPSA) is 89.0 Å². The van der Waals surface area contributed by atoms with Gasteiger partial charge in [0.2, 0.25) is 0 Å². The van der Waals surface area contributed by atoms with E-state index in [2.05, 4.69) is 15.8 Å². The highest BCUT2D eigenvalue weighted by Crippen LogP contribution is 2.26. The number of carbonyl (C=O) groups is 2. The van der Waals surface area contributed by atoms with Gasteiger partial charge in [-0.2, -0.15) is 5.10 Å². The van der Waals surface area contributed by atoms with Crippen molar-refractivity contribution < 1.29 is 19.1 Å². The first-order valence-corrected chi connectivity index (χ1v) is 12.7. The summed E-state index contributed by atoms with van der Waals surface area (Å²) in [5.74, 6) is -0.959. The second-order valence-corrected chi connectivity index (χ2v) is 9.47. The van der Waals surface area contributed by atoms with Crippen LogP contribution in [0.4, 0.5) is 5.69 Å². The van der Waals surface area contributed by atoms with E-state index in [9.17, 15) is 9.59 Å². The van der Waals surface area contributed by atoms with Gasteiger partial charge in [-0.15, -0.1) is 0 Å². The molecule has 196 valence electrons. The van der Waals surface area contributed by atoms with Gasteiger partial charge in [0, 0.05) is 27.4 Å². The molecule has 0 heterocycles. The molecular formula is C29H21Cl2N3O4S. The van der Waals surface area contributed by atoms with Crippen molar-refractivity contribution in [1.82, 2.24) is 5.43 Å². The summed E-state index contributed by atoms with van der Waals surface area (Å²) < 4.78 is 11.1. The van der Waals surface area contributed by atoms with E-state index in [1.54, 1.807) is 60.7 Å². The Bertz CT molecular complexity index is 1540. The summed E-state index contributed by atoms with van der Waals surface area (Å²) in [5, 5.41) is 8.43. The minimum Gasteiger partial charge on any atom is -0.423 e. The second kappa shape index (κ2) is 13.0. The average Bonchev–Trinajstić information content (AvgIpc) is 2.90. The Balaban J connectivity index is 1.52. The van der Waals surface area contributed by atoms with Crippen molar-refractivity contribution in [3.8, 4) is 11.5 Å². The molecule has 0 unspecified atom stereocenters. The number of nitrogens with zero attached hydrogens (tertiary/aromatic N) is 1. The summed E-state index contributed by atoms with van der Waals surface area (Å²) in [7, 11) is 0. The Labute approximate surface area is 240 Å². The monoisotopic (exact) mass is 577 g/mol. The van der Waals surface area contributed by atoms with Crippen LogP contribution in [0.3, 0.4) is 0 Å². The molecule has 0 spiro atoms. The van der Waals surface area contributed by atoms with Gasteiger partial charge in [0.05, 0.1) is 17.3 Å². The minimum atomic E-state index is -0.632. The zero-order valence-corrected chi connectivity index (χ0v) is 22.8. The van der Waals surface area contributed by atoms with Gasteiger partial charge in [0.1, 0.15) is 11.5 Å². The first-order valence-electron chi connectivity index (χ1n) is 11.5. The number of thiocarbonyl (C=S) groups is 1. The molecule has 4 aromatic carbocycles. The number of benzene rings is 4. The Morgan fingerprint density at radius 1 is 0.821 bits per heavy atom. The van der Waals surface area contributed by atoms with E-state index in [0.717, 1.165) is 11.3 Å². The number of nitrogens with one attached hydrogen (secondary N) is 2. The third-order valence-corrected chi connectivity index (χ3v) is 5.90. The lowest BCUT2D eigenvalue weighted by molar-refractivity contribution is 0.0732. The van der Waals surface area contributed by atoms with Gasteiger partial charge in [-0.1, -0.05) is 35.3 Å². The maximum absolute atomic E-state index is 12.8. The summed E-state index contributed by atoms with van der Waals surface area (Å²) in [6, 6.07) is 24.8. The molecule has 10 heteroatoms. The van der Waals surface area contributed by atoms with Gasteiger partial charge >= 0.3 is 11.9 Å². The molecule has 0 aliphatic heterocycles. The fourth-order valence-corrected chi connectivity index (χ4v) is 3.73. The van der Waals surface area contributed by atoms with Crippen molar-refractivity contribution >= 4 is 64.4 Å². The van der Waals surface area contributed by atoms with Crippen molar-refractivity contribution in [3.05, 3.63) is 123 Å². The summed E-state index contributed by atoms with van der Waals surface area (Å²) in [6.07, 6.45) is 1.43. The number of halogens is 2. The van der Waals surface area contributed by atoms with E-state index in [4.69, 9.17) is 44.9 Å². The maximum atomic E-state index is 12.8. The summed E-state index contributed by atoms with van der Waals surface area (Å²) in [5.41, 5.74) is 5.64. The smallest absolute Gasteiger partial charge is 0.343 e. The zero-order chi connectivity index (χ0) is 27.8. The quantitative estimate of drug-likeness (QED) is 0.0798. The maximum Gasteiger partial charge on any atom is 0.343 e. The summed E-state index contributed by atoms with van der Waals surface area (Å²) in [4.78, 5) is 25.4. The number of carbonyl (C=O) groups excluding carboxylic acids is 2. The molecule has 0 bridgehead atoms. The first-order chi connectivity index (χ1) is 18.8. The van der Waals surface area contributed by atoms with E-state index in [0.29, 0.717) is 21.2 Å². The van der Waals surface area contributed by atoms with Crippen LogP contribution in [-0.2, 0) is 0 Å². The number of ether oxygens (including phenoxy) is 2. The fraction of sp³-hybridized carbons (Fsp3) is 0.0345. The van der Waals surface area contributed by atoms with Gasteiger partial charge < -0.3 is 14.8 Å². The number of aryl methyl sites for hydroxylation is 1. The van der Waals surface area contributed by atoms with Gasteiger partial charge in [0.25, 0.3) is 0 Å². The van der Waals surface area contributed by atoms with E-state index in [1.165, 1.54) is 12.3 Å². The van der Waals surface area contributed by atoms with Crippen LogP contribution < -0.4 is 20.2 Å². The molecule has 0 aliphatic rings. The van der Waals surface area contributed by atoms with Gasteiger partial charge in [-0.25, -0.2) is 9.59 Å². The number of hydrazone groups is 1. The van der Waals surface area contributed by atoms with Gasteiger partial charge in [0.15, 0.2) is 5.11 Å². The van der Waals surface area contributed by atoms with Crippen LogP contribution in [0.2, 0.25) is 10.0 Å². The Morgan fingerprint density at radius 2 is 1.44 bits per heavy atom. The lowest BCUT2D eigenvalue weighted by Gasteiger charge is -2.11. The summed E-state index contributed by atoms with van der Waals surface area (Å²) in [6.45, 7) is 1.98. The highest BCUT2D eigenvalue weighted by atomic mass is 35.5. The third kappa shape index (κ3) is 8.12. The number of rotatable bonds is 7. The normalized spacial score (nSPS) is 10.6. The predicted molar refractivity (Wildman–Crippen MR) is 157 cm³/mol. The molecule has 7 nitrogen and oxygen atoms in total. The number of hydrogen-bond donors (Lipinski definition) is 2. The number of anilines is 1. The molecular weight excluding hydrogens is 557 g/mol. The standard InChI is InChI=1S/C29H21Cl2N3O4S/c1-18-3-2-4-24(15-18)33-29(39)34-32-17-21-9-14-25(37-27(35)19-5-10-22(30)11-6-19)16-26(21)38-28(36)20-7-12-23(31)13-8-20/h2-17H,1H3,(H2,33,34,39). The molecule has 0 fully saturated rings. The van der Waals surface area contributed by atoms with E-state index in [-0.39, 0.29) is 22.2 Å². The molecule has 0 aliphatic carbocycles. The molecule has 39 heavy (non-hydrogen) atoms. The van der Waals surface area contributed by atoms with E-state index >= 15 is 0 Å². The molecule has 0 saturated heterocycles. The molecule has 4 aromatic rings. The Hall–Kier alpha value is -4.24. The van der Waals surface area contributed by atoms with Crippen LogP contribution >= 0.6 is 35.4 Å². The molecule has 4 rings (SSSR count). The second-order valence-electron chi connectivity index (χ2n) is 8.19. The van der Waals surface area contributed by atoms with Crippen molar-refractivity contribution in [2.24, 2.45) is 5.10 Å². The van der Waals surface area contributed by atoms with Crippen LogP contribution in [0.15, 0.2) is 96.1 Å². The van der Waals surface area contributed by atoms with Crippen molar-refractivity contribution in [3.63, 3.8) is 0 Å². The predicted octanol–water partition coefficient (Wildman–Crippen LogP) is 7.06. The summed E-state index contributed by atoms with van der Waals surface area (Å²) >= 11 is 17.1. The first kappa shape index (κ1) is 27.8. The molecule has 0 saturated carbocycles. The number of esters is 2. The average molecular weight is 578 g/mol. The van der Waals surface area contributed by atoms with Crippen LogP contribution in [0.1, 0.15) is 31.8 Å². The highest BCUT2D eigenvalue weighted by Gasteiger charge is 2.15. The van der Waals surface area contributed by atoms with Crippen LogP contribution in [0.25, 0.3) is 0 Å². The zero-order valence-electron chi connectivity index (χ0n) is 20.5. The fourth-order valence-electron chi connectivity index (χ4n) is 3.31. The molecule has 0 aromatic heterocycles. The van der Waals surface area contributed by atoms with Crippen LogP contribution in [0.5, 0.6) is 11.5 Å². The van der Waals surface area contributed by atoms with E-state index in [1.807, 2.05) is 31.2 Å². The van der Waals surface area contributed by atoms with Crippen LogP contribution in [0, 0.1) is 6.92 Å². The van der Waals surface area contributed by atoms with Crippen molar-refractivity contribution in [2.45, 2.75) is 6.92 Å². The highest BCUT2D eigenvalue weighted by molar-refractivity contribution is 7.80. The largest absolute Gasteiger partial charge is 0.423 e. The lowest BCUT2D eigenvalue weighted by atomic mass is 10.2. The van der Waals surface area contributed by atoms with Gasteiger partial charge in [-0.05, 0) is 97.5 Å². The minimum absolute atomic E-state index is 0.111. The molecule has 0 radical (unpaired) electrons. The van der Waals surface area contributed by atoms with Crippen molar-refractivity contribution in [1.29, 1.82) is 0 Å². The molecule has 0 amide bonds.